The molecule has 23 heavy (non-hydrogen) atoms. The minimum Gasteiger partial charge on any atom is -0.299 e. The molecule has 0 aliphatic heterocycles. The van der Waals surface area contributed by atoms with Gasteiger partial charge in [-0.3, -0.25) is 4.79 Å². The van der Waals surface area contributed by atoms with Gasteiger partial charge in [0.15, 0.2) is 0 Å². The largest absolute Gasteiger partial charge is 0.416 e. The smallest absolute Gasteiger partial charge is 0.299 e. The molecule has 0 spiro atoms. The average Bonchev–Trinajstić information content (AvgIpc) is 2.43. The Labute approximate surface area is 129 Å². The first-order chi connectivity index (χ1) is 10.5. The zero-order valence-corrected chi connectivity index (χ0v) is 12.2. The Hall–Kier alpha value is -2.01. The molecule has 0 fully saturated rings. The van der Waals surface area contributed by atoms with Crippen molar-refractivity contribution in [2.24, 2.45) is 5.92 Å². The summed E-state index contributed by atoms with van der Waals surface area (Å²) in [6.07, 6.45) is -8.74. The first kappa shape index (κ1) is 19.0. The van der Waals surface area contributed by atoms with Gasteiger partial charge >= 0.3 is 12.4 Å². The van der Waals surface area contributed by atoms with Crippen LogP contribution in [-0.4, -0.2) is 5.78 Å². The van der Waals surface area contributed by atoms with Crippen molar-refractivity contribution >= 4 is 5.78 Å². The van der Waals surface area contributed by atoms with Crippen LogP contribution in [0.2, 0.25) is 0 Å². The summed E-state index contributed by atoms with van der Waals surface area (Å²) in [5, 5.41) is 0. The number of halogens is 6. The van der Waals surface area contributed by atoms with Crippen LogP contribution in [0.3, 0.4) is 0 Å². The van der Waals surface area contributed by atoms with Gasteiger partial charge in [0.05, 0.1) is 11.1 Å². The van der Waals surface area contributed by atoms with Crippen molar-refractivity contribution in [3.05, 3.63) is 53.3 Å². The monoisotopic (exact) mass is 336 g/mol. The van der Waals surface area contributed by atoms with E-state index in [0.717, 1.165) is 0 Å². The fourth-order valence-electron chi connectivity index (χ4n) is 2.06. The fraction of sp³-hybridized carbons (Fsp3) is 0.375. The van der Waals surface area contributed by atoms with Crippen molar-refractivity contribution in [2.45, 2.75) is 32.1 Å². The summed E-state index contributed by atoms with van der Waals surface area (Å²) in [6.45, 7) is 4.83. The predicted octanol–water partition coefficient (Wildman–Crippen LogP) is 5.20. The van der Waals surface area contributed by atoms with E-state index in [2.05, 4.69) is 12.3 Å². The highest BCUT2D eigenvalue weighted by molar-refractivity contribution is 5.82. The maximum absolute atomic E-state index is 12.8. The molecule has 0 N–H and O–H groups in total. The molecule has 0 aliphatic carbocycles. The molecular weight excluding hydrogens is 322 g/mol. The van der Waals surface area contributed by atoms with Crippen LogP contribution in [0.5, 0.6) is 0 Å². The minimum absolute atomic E-state index is 0.0590. The highest BCUT2D eigenvalue weighted by Crippen LogP contribution is 2.36. The van der Waals surface area contributed by atoms with E-state index >= 15 is 0 Å². The molecule has 1 aromatic carbocycles. The summed E-state index contributed by atoms with van der Waals surface area (Å²) >= 11 is 0. The average molecular weight is 336 g/mol. The van der Waals surface area contributed by atoms with Crippen molar-refractivity contribution in [2.75, 3.05) is 0 Å². The number of ketones is 1. The van der Waals surface area contributed by atoms with Gasteiger partial charge in [-0.1, -0.05) is 13.5 Å². The Kier molecular flexibility index (Phi) is 5.83. The minimum atomic E-state index is -4.91. The molecule has 1 aromatic rings. The number of carbonyl (C=O) groups excluding carboxylic acids is 1. The van der Waals surface area contributed by atoms with Crippen LogP contribution in [0.25, 0.3) is 0 Å². The van der Waals surface area contributed by atoms with Crippen molar-refractivity contribution in [1.82, 2.24) is 0 Å². The molecule has 0 saturated carbocycles. The molecular formula is C16H14F6O. The van der Waals surface area contributed by atoms with E-state index in [1.54, 1.807) is 6.92 Å². The first-order valence-corrected chi connectivity index (χ1v) is 6.66. The zero-order chi connectivity index (χ0) is 17.8. The number of Topliss-reactive ketones (excluding diaryl/α,β-unsaturated/α-hetero) is 1. The molecule has 0 radical (unpaired) electrons. The third-order valence-electron chi connectivity index (χ3n) is 3.18. The van der Waals surface area contributed by atoms with Crippen LogP contribution in [0.1, 0.15) is 30.0 Å². The molecule has 1 atom stereocenters. The molecule has 0 aromatic heterocycles. The van der Waals surface area contributed by atoms with Crippen LogP contribution in [0.15, 0.2) is 36.6 Å². The van der Waals surface area contributed by atoms with Gasteiger partial charge in [0.1, 0.15) is 5.78 Å². The molecule has 7 heteroatoms. The number of allylic oxidation sites excluding steroid dienone is 1. The fourth-order valence-corrected chi connectivity index (χ4v) is 2.06. The zero-order valence-electron chi connectivity index (χ0n) is 12.2. The molecule has 0 bridgehead atoms. The second-order valence-electron chi connectivity index (χ2n) is 4.92. The van der Waals surface area contributed by atoms with Gasteiger partial charge in [-0.15, -0.1) is 5.73 Å². The van der Waals surface area contributed by atoms with Crippen LogP contribution in [0, 0.1) is 5.92 Å². The van der Waals surface area contributed by atoms with Gasteiger partial charge in [-0.05, 0) is 36.3 Å². The number of carbonyl (C=O) groups is 1. The Bertz CT molecular complexity index is 588. The van der Waals surface area contributed by atoms with Crippen LogP contribution in [0.4, 0.5) is 26.3 Å². The number of hydrogen-bond donors (Lipinski definition) is 0. The SMILES string of the molecule is C=C=CC(Cc1cc(C(F)(F)F)cc(C(F)(F)F)c1)C(=O)CC. The van der Waals surface area contributed by atoms with E-state index < -0.39 is 29.4 Å². The maximum Gasteiger partial charge on any atom is 0.416 e. The van der Waals surface area contributed by atoms with E-state index in [9.17, 15) is 31.1 Å². The standard InChI is InChI=1S/C16H14F6O/c1-3-5-11(14(23)4-2)6-10-7-12(15(17,18)19)9-13(8-10)16(20,21)22/h5,7-9,11H,1,4,6H2,2H3. The van der Waals surface area contributed by atoms with E-state index in [-0.39, 0.29) is 30.3 Å². The van der Waals surface area contributed by atoms with Crippen molar-refractivity contribution < 1.29 is 31.1 Å². The Morgan fingerprint density at radius 1 is 1.13 bits per heavy atom. The Balaban J connectivity index is 3.34. The molecule has 0 amide bonds. The van der Waals surface area contributed by atoms with Crippen LogP contribution < -0.4 is 0 Å². The molecule has 1 nitrogen and oxygen atoms in total. The lowest BCUT2D eigenvalue weighted by molar-refractivity contribution is -0.143. The summed E-state index contributed by atoms with van der Waals surface area (Å²) in [5.74, 6) is -1.17. The van der Waals surface area contributed by atoms with Gasteiger partial charge in [0, 0.05) is 12.3 Å². The van der Waals surface area contributed by atoms with Crippen LogP contribution in [-0.2, 0) is 23.6 Å². The molecule has 126 valence electrons. The highest BCUT2D eigenvalue weighted by atomic mass is 19.4. The molecule has 1 unspecified atom stereocenters. The van der Waals surface area contributed by atoms with Crippen LogP contribution >= 0.6 is 0 Å². The van der Waals surface area contributed by atoms with Crippen molar-refractivity contribution in [3.63, 3.8) is 0 Å². The Morgan fingerprint density at radius 2 is 1.61 bits per heavy atom. The normalized spacial score (nSPS) is 13.3. The summed E-state index contributed by atoms with van der Waals surface area (Å²) in [4.78, 5) is 11.7. The number of rotatable bonds is 5. The lowest BCUT2D eigenvalue weighted by atomic mass is 9.92. The van der Waals surface area contributed by atoms with E-state index in [4.69, 9.17) is 0 Å². The van der Waals surface area contributed by atoms with E-state index in [0.29, 0.717) is 12.1 Å². The van der Waals surface area contributed by atoms with E-state index in [1.807, 2.05) is 0 Å². The topological polar surface area (TPSA) is 17.1 Å². The molecule has 0 saturated heterocycles. The van der Waals surface area contributed by atoms with Gasteiger partial charge in [-0.2, -0.15) is 26.3 Å². The lowest BCUT2D eigenvalue weighted by Crippen LogP contribution is -2.16. The predicted molar refractivity (Wildman–Crippen MR) is 72.6 cm³/mol. The summed E-state index contributed by atoms with van der Waals surface area (Å²) in [6, 6.07) is 1.31. The summed E-state index contributed by atoms with van der Waals surface area (Å²) < 4.78 is 76.7. The van der Waals surface area contributed by atoms with E-state index in [1.165, 1.54) is 6.08 Å². The Morgan fingerprint density at radius 3 is 1.96 bits per heavy atom. The van der Waals surface area contributed by atoms with Gasteiger partial charge < -0.3 is 0 Å². The van der Waals surface area contributed by atoms with Gasteiger partial charge in [0.2, 0.25) is 0 Å². The second kappa shape index (κ2) is 7.04. The molecule has 0 heterocycles. The second-order valence-corrected chi connectivity index (χ2v) is 4.92. The van der Waals surface area contributed by atoms with Crippen molar-refractivity contribution in [1.29, 1.82) is 0 Å². The van der Waals surface area contributed by atoms with Crippen molar-refractivity contribution in [3.8, 4) is 0 Å². The van der Waals surface area contributed by atoms with Gasteiger partial charge in [0.25, 0.3) is 0 Å². The lowest BCUT2D eigenvalue weighted by Gasteiger charge is -2.16. The maximum atomic E-state index is 12.8. The number of alkyl halides is 6. The summed E-state index contributed by atoms with van der Waals surface area (Å²) in [7, 11) is 0. The number of hydrogen-bond acceptors (Lipinski definition) is 1. The number of benzene rings is 1. The van der Waals surface area contributed by atoms with Gasteiger partial charge in [-0.25, -0.2) is 0 Å². The highest BCUT2D eigenvalue weighted by Gasteiger charge is 2.37. The third-order valence-corrected chi connectivity index (χ3v) is 3.18. The quantitative estimate of drug-likeness (QED) is 0.533. The molecule has 1 rings (SSSR count). The third kappa shape index (κ3) is 5.28. The summed E-state index contributed by atoms with van der Waals surface area (Å²) in [5.41, 5.74) is -0.656. The molecule has 0 aliphatic rings. The first-order valence-electron chi connectivity index (χ1n) is 6.66.